The maximum Gasteiger partial charge on any atom is 0.323 e. The number of halogens is 2. The molecule has 7 N–H and O–H groups in total. The first-order valence-corrected chi connectivity index (χ1v) is 21.4. The SMILES string of the molecule is Cc1c(COc2cc(OCc3cncc(C#N)c3)c(CNCCO)cc2Cl)cccc1-c1cccc(NCc2cc(OCc3cncc(C#N)c3)c(CNC(CO)C(=O)O)cc2Cl)c1C=N. The van der Waals surface area contributed by atoms with Crippen LogP contribution >= 0.6 is 23.2 Å². The number of aromatic nitrogens is 2. The Hall–Kier alpha value is -7.08. The average Bonchev–Trinajstić information content (AvgIpc) is 3.33. The summed E-state index contributed by atoms with van der Waals surface area (Å²) in [6.07, 6.45) is 7.43. The summed E-state index contributed by atoms with van der Waals surface area (Å²) in [5.74, 6) is 0.101. The Kier molecular flexibility index (Phi) is 17.4. The number of carboxylic acid groups (broad SMARTS) is 1. The first-order chi connectivity index (χ1) is 32.0. The topological polar surface area (TPSA) is 239 Å². The Bertz CT molecular complexity index is 2780. The van der Waals surface area contributed by atoms with E-state index < -0.39 is 18.6 Å². The van der Waals surface area contributed by atoms with E-state index in [2.05, 4.69) is 38.1 Å². The van der Waals surface area contributed by atoms with Crippen LogP contribution in [0.15, 0.2) is 97.6 Å². The largest absolute Gasteiger partial charge is 0.489 e. The van der Waals surface area contributed by atoms with Crippen molar-refractivity contribution in [1.82, 2.24) is 20.6 Å². The summed E-state index contributed by atoms with van der Waals surface area (Å²) in [6, 6.07) is 24.8. The van der Waals surface area contributed by atoms with Crippen molar-refractivity contribution in [2.45, 2.75) is 52.4 Å². The molecule has 0 radical (unpaired) electrons. The minimum absolute atomic E-state index is 0.0251. The average molecular weight is 930 g/mol. The van der Waals surface area contributed by atoms with Crippen LogP contribution in [0.4, 0.5) is 5.69 Å². The van der Waals surface area contributed by atoms with Crippen LogP contribution < -0.4 is 30.2 Å². The van der Waals surface area contributed by atoms with Crippen molar-refractivity contribution in [2.75, 3.05) is 25.1 Å². The van der Waals surface area contributed by atoms with Gasteiger partial charge in [-0.05, 0) is 71.1 Å². The Morgan fingerprint density at radius 1 is 0.758 bits per heavy atom. The first-order valence-electron chi connectivity index (χ1n) is 20.6. The van der Waals surface area contributed by atoms with E-state index in [0.29, 0.717) is 85.0 Å². The maximum absolute atomic E-state index is 11.6. The molecule has 2 heterocycles. The van der Waals surface area contributed by atoms with Crippen molar-refractivity contribution >= 4 is 41.1 Å². The monoisotopic (exact) mass is 928 g/mol. The fourth-order valence-corrected chi connectivity index (χ4v) is 7.43. The molecule has 6 aromatic rings. The highest BCUT2D eigenvalue weighted by atomic mass is 35.5. The summed E-state index contributed by atoms with van der Waals surface area (Å²) in [5.41, 5.74) is 8.90. The normalized spacial score (nSPS) is 11.3. The molecule has 0 saturated heterocycles. The lowest BCUT2D eigenvalue weighted by Gasteiger charge is -2.19. The van der Waals surface area contributed by atoms with Gasteiger partial charge in [0.15, 0.2) is 0 Å². The predicted molar refractivity (Wildman–Crippen MR) is 250 cm³/mol. The molecule has 6 rings (SSSR count). The molecule has 338 valence electrons. The van der Waals surface area contributed by atoms with Crippen LogP contribution in [0.1, 0.15) is 55.6 Å². The number of carboxylic acids is 1. The molecule has 66 heavy (non-hydrogen) atoms. The van der Waals surface area contributed by atoms with Gasteiger partial charge in [0.1, 0.15) is 55.2 Å². The number of benzene rings is 4. The molecule has 4 aromatic carbocycles. The van der Waals surface area contributed by atoms with Crippen molar-refractivity contribution in [2.24, 2.45) is 0 Å². The maximum atomic E-state index is 11.6. The number of aliphatic hydroxyl groups is 2. The minimum atomic E-state index is -1.21. The highest BCUT2D eigenvalue weighted by Crippen LogP contribution is 2.37. The van der Waals surface area contributed by atoms with Crippen molar-refractivity contribution < 1.29 is 34.3 Å². The number of hydrogen-bond donors (Lipinski definition) is 7. The van der Waals surface area contributed by atoms with Gasteiger partial charge in [0, 0.05) is 102 Å². The highest BCUT2D eigenvalue weighted by Gasteiger charge is 2.19. The first kappa shape index (κ1) is 48.4. The number of hydrogen-bond acceptors (Lipinski definition) is 14. The Morgan fingerprint density at radius 3 is 2.02 bits per heavy atom. The van der Waals surface area contributed by atoms with Crippen LogP contribution in [0.5, 0.6) is 17.2 Å². The molecule has 0 amide bonds. The fraction of sp³-hybridized carbons (Fsp3) is 0.224. The molecule has 0 aliphatic heterocycles. The lowest BCUT2D eigenvalue weighted by Crippen LogP contribution is -2.39. The Labute approximate surface area is 391 Å². The zero-order chi connectivity index (χ0) is 47.0. The Balaban J connectivity index is 1.21. The van der Waals surface area contributed by atoms with Gasteiger partial charge in [-0.2, -0.15) is 10.5 Å². The lowest BCUT2D eigenvalue weighted by atomic mass is 9.92. The van der Waals surface area contributed by atoms with Gasteiger partial charge in [-0.15, -0.1) is 0 Å². The summed E-state index contributed by atoms with van der Waals surface area (Å²) in [5, 5.41) is 65.7. The lowest BCUT2D eigenvalue weighted by molar-refractivity contribution is -0.140. The summed E-state index contributed by atoms with van der Waals surface area (Å²) in [7, 11) is 0. The fourth-order valence-electron chi connectivity index (χ4n) is 6.93. The van der Waals surface area contributed by atoms with Gasteiger partial charge >= 0.3 is 5.97 Å². The number of nitrogens with zero attached hydrogens (tertiary/aromatic N) is 4. The van der Waals surface area contributed by atoms with Crippen LogP contribution in [0, 0.1) is 35.0 Å². The molecule has 0 aliphatic rings. The number of pyridine rings is 2. The van der Waals surface area contributed by atoms with Crippen LogP contribution in [0.3, 0.4) is 0 Å². The number of rotatable bonds is 23. The van der Waals surface area contributed by atoms with E-state index in [1.807, 2.05) is 43.3 Å². The van der Waals surface area contributed by atoms with Crippen LogP contribution in [-0.2, 0) is 44.2 Å². The molecule has 0 fully saturated rings. The molecule has 0 aliphatic carbocycles. The van der Waals surface area contributed by atoms with E-state index in [1.165, 1.54) is 18.6 Å². The number of carbonyl (C=O) groups is 1. The number of nitriles is 2. The highest BCUT2D eigenvalue weighted by molar-refractivity contribution is 6.32. The van der Waals surface area contributed by atoms with Crippen LogP contribution in [0.25, 0.3) is 11.1 Å². The molecule has 1 unspecified atom stereocenters. The smallest absolute Gasteiger partial charge is 0.323 e. The van der Waals surface area contributed by atoms with Gasteiger partial charge in [0.25, 0.3) is 0 Å². The van der Waals surface area contributed by atoms with Crippen molar-refractivity contribution in [1.29, 1.82) is 15.9 Å². The predicted octanol–water partition coefficient (Wildman–Crippen LogP) is 7.47. The van der Waals surface area contributed by atoms with Crippen LogP contribution in [0.2, 0.25) is 10.0 Å². The van der Waals surface area contributed by atoms with Gasteiger partial charge in [-0.1, -0.05) is 53.5 Å². The van der Waals surface area contributed by atoms with Crippen LogP contribution in [-0.4, -0.2) is 63.3 Å². The molecule has 1 atom stereocenters. The van der Waals surface area contributed by atoms with E-state index in [-0.39, 0.29) is 39.5 Å². The van der Waals surface area contributed by atoms with Gasteiger partial charge in [-0.3, -0.25) is 20.1 Å². The number of ether oxygens (including phenoxy) is 3. The zero-order valence-electron chi connectivity index (χ0n) is 35.8. The second-order valence-corrected chi connectivity index (χ2v) is 15.7. The van der Waals surface area contributed by atoms with Gasteiger partial charge < -0.3 is 45.6 Å². The molecule has 0 spiro atoms. The minimum Gasteiger partial charge on any atom is -0.489 e. The number of aliphatic carboxylic acids is 1. The number of anilines is 1. The molecule has 17 heteroatoms. The van der Waals surface area contributed by atoms with Gasteiger partial charge in [0.2, 0.25) is 0 Å². The van der Waals surface area contributed by atoms with E-state index in [4.69, 9.17) is 42.8 Å². The molecule has 0 bridgehead atoms. The van der Waals surface area contributed by atoms with E-state index >= 15 is 0 Å². The second-order valence-electron chi connectivity index (χ2n) is 14.9. The summed E-state index contributed by atoms with van der Waals surface area (Å²) in [4.78, 5) is 19.8. The molecule has 15 nitrogen and oxygen atoms in total. The number of aliphatic hydroxyl groups excluding tert-OH is 2. The molecule has 0 saturated carbocycles. The van der Waals surface area contributed by atoms with Crippen molar-refractivity contribution in [3.63, 3.8) is 0 Å². The van der Waals surface area contributed by atoms with Gasteiger partial charge in [0.05, 0.1) is 29.4 Å². The summed E-state index contributed by atoms with van der Waals surface area (Å²) in [6.45, 7) is 2.72. The van der Waals surface area contributed by atoms with Crippen molar-refractivity contribution in [3.8, 4) is 40.5 Å². The third-order valence-electron chi connectivity index (χ3n) is 10.4. The van der Waals surface area contributed by atoms with E-state index in [9.17, 15) is 30.6 Å². The van der Waals surface area contributed by atoms with E-state index in [0.717, 1.165) is 27.8 Å². The summed E-state index contributed by atoms with van der Waals surface area (Å²) >= 11 is 13.6. The zero-order valence-corrected chi connectivity index (χ0v) is 37.3. The van der Waals surface area contributed by atoms with E-state index in [1.54, 1.807) is 48.8 Å². The molecular formula is C49H46Cl2N8O7. The third-order valence-corrected chi connectivity index (χ3v) is 11.1. The number of nitrogens with one attached hydrogen (secondary N) is 4. The quantitative estimate of drug-likeness (QED) is 0.0244. The van der Waals surface area contributed by atoms with Crippen molar-refractivity contribution in [3.05, 3.63) is 163 Å². The molecule has 2 aromatic heterocycles. The Morgan fingerprint density at radius 2 is 1.38 bits per heavy atom. The third kappa shape index (κ3) is 12.6. The summed E-state index contributed by atoms with van der Waals surface area (Å²) < 4.78 is 18.7. The molecular weight excluding hydrogens is 883 g/mol. The second kappa shape index (κ2) is 23.7. The van der Waals surface area contributed by atoms with Gasteiger partial charge in [-0.25, -0.2) is 0 Å². The standard InChI is InChI=1S/C49H46Cl2N8O7/c1-30-35(29-66-48-15-47(37(13-43(48)51)23-55-8-9-60)65-28-34-11-32(17-53)20-57-22-34)4-2-5-39(30)40-6-3-7-44(41(40)18-54)58-24-36-14-46(64-27-33-10-31(16-52)19-56-21-33)38(12-42(36)50)25-59-45(26-61)49(62)63/h2-7,10-15,18-22,45,54-55,58-61H,8-9,23-29H2,1H3,(H,62,63).